The highest BCUT2D eigenvalue weighted by molar-refractivity contribution is 5.79. The highest BCUT2D eigenvalue weighted by Gasteiger charge is 2.07. The Morgan fingerprint density at radius 1 is 1.35 bits per heavy atom. The number of hydroxylamine groups is 1. The summed E-state index contributed by atoms with van der Waals surface area (Å²) < 4.78 is 1.21. The molecule has 3 rings (SSSR count). The molecule has 0 saturated carbocycles. The van der Waals surface area contributed by atoms with E-state index in [-0.39, 0.29) is 5.56 Å². The lowest BCUT2D eigenvalue weighted by Gasteiger charge is -1.96. The third-order valence-corrected chi connectivity index (χ3v) is 2.54. The molecule has 2 aromatic heterocycles. The molecule has 0 radical (unpaired) electrons. The number of nitrogens with zero attached hydrogens (tertiary/aromatic N) is 3. The minimum absolute atomic E-state index is 0.219. The number of hydrogen-bond acceptors (Lipinski definition) is 5. The van der Waals surface area contributed by atoms with Gasteiger partial charge in [-0.05, 0) is 12.1 Å². The number of nitrogens with one attached hydrogen (secondary N) is 1. The average molecular weight is 228 g/mol. The van der Waals surface area contributed by atoms with Gasteiger partial charge in [-0.3, -0.25) is 15.5 Å². The van der Waals surface area contributed by atoms with Crippen LogP contribution in [0.5, 0.6) is 0 Å². The zero-order valence-electron chi connectivity index (χ0n) is 8.66. The van der Waals surface area contributed by atoms with Crippen LogP contribution in [0.3, 0.4) is 0 Å². The summed E-state index contributed by atoms with van der Waals surface area (Å²) >= 11 is 0. The van der Waals surface area contributed by atoms with Gasteiger partial charge < -0.3 is 0 Å². The fraction of sp³-hybridized carbons (Fsp3) is 0. The van der Waals surface area contributed by atoms with E-state index in [1.54, 1.807) is 18.2 Å². The summed E-state index contributed by atoms with van der Waals surface area (Å²) in [6, 6.07) is 7.07. The van der Waals surface area contributed by atoms with Crippen molar-refractivity contribution in [2.45, 2.75) is 0 Å². The van der Waals surface area contributed by atoms with Gasteiger partial charge in [-0.15, -0.1) is 0 Å². The van der Waals surface area contributed by atoms with Crippen LogP contribution in [-0.4, -0.2) is 19.8 Å². The van der Waals surface area contributed by atoms with Crippen molar-refractivity contribution in [1.82, 2.24) is 20.1 Å². The molecule has 2 N–H and O–H groups in total. The van der Waals surface area contributed by atoms with Crippen molar-refractivity contribution in [2.24, 2.45) is 0 Å². The van der Waals surface area contributed by atoms with Gasteiger partial charge in [0.15, 0.2) is 5.65 Å². The molecule has 0 bridgehead atoms. The molecule has 0 unspecified atom stereocenters. The fourth-order valence-electron chi connectivity index (χ4n) is 1.77. The van der Waals surface area contributed by atoms with E-state index in [4.69, 9.17) is 5.21 Å². The van der Waals surface area contributed by atoms with E-state index < -0.39 is 0 Å². The summed E-state index contributed by atoms with van der Waals surface area (Å²) in [5, 5.41) is 13.6. The first-order valence-electron chi connectivity index (χ1n) is 4.97. The number of rotatable bonds is 1. The molecule has 0 amide bonds. The molecule has 3 aromatic rings. The maximum absolute atomic E-state index is 12.1. The molecule has 0 atom stereocenters. The molecule has 6 heteroatoms. The van der Waals surface area contributed by atoms with Crippen molar-refractivity contribution in [1.29, 1.82) is 0 Å². The lowest BCUT2D eigenvalue weighted by Crippen LogP contribution is -2.17. The molecule has 0 saturated heterocycles. The molecule has 2 heterocycles. The molecule has 17 heavy (non-hydrogen) atoms. The third kappa shape index (κ3) is 1.35. The largest absolute Gasteiger partial charge is 0.292 e. The second-order valence-corrected chi connectivity index (χ2v) is 3.54. The van der Waals surface area contributed by atoms with E-state index in [0.29, 0.717) is 21.8 Å². The van der Waals surface area contributed by atoms with E-state index in [2.05, 4.69) is 10.1 Å². The van der Waals surface area contributed by atoms with Gasteiger partial charge in [0.1, 0.15) is 0 Å². The Morgan fingerprint density at radius 2 is 2.18 bits per heavy atom. The zero-order chi connectivity index (χ0) is 11.8. The summed E-state index contributed by atoms with van der Waals surface area (Å²) in [5.74, 6) is 0. The predicted octanol–water partition coefficient (Wildman–Crippen LogP) is -0.322. The van der Waals surface area contributed by atoms with Crippen LogP contribution in [0.15, 0.2) is 35.3 Å². The first kappa shape index (κ1) is 9.73. The molecule has 0 fully saturated rings. The second kappa shape index (κ2) is 3.53. The summed E-state index contributed by atoms with van der Waals surface area (Å²) in [6.07, 6.45) is 2.79. The zero-order valence-corrected chi connectivity index (χ0v) is 8.66. The standard InChI is InChI=1S/C11H8N4O2/c16-11-8-3-1-2-4-9(8)14-10-7(6-13-17)5-12-15(10)11/h1-6,13,17H/b7-6-. The Morgan fingerprint density at radius 3 is 3.00 bits per heavy atom. The SMILES string of the molecule is O=c1c2ccccc2nc2/c(=C\NO)cnn12. The molecular weight excluding hydrogens is 220 g/mol. The highest BCUT2D eigenvalue weighted by Crippen LogP contribution is 2.05. The van der Waals surface area contributed by atoms with Gasteiger partial charge >= 0.3 is 0 Å². The molecule has 6 nitrogen and oxygen atoms in total. The van der Waals surface area contributed by atoms with Gasteiger partial charge in [-0.2, -0.15) is 9.61 Å². The van der Waals surface area contributed by atoms with Crippen LogP contribution in [0, 0.1) is 0 Å². The van der Waals surface area contributed by atoms with Crippen molar-refractivity contribution in [3.8, 4) is 0 Å². The Bertz CT molecular complexity index is 809. The fourth-order valence-corrected chi connectivity index (χ4v) is 1.77. The van der Waals surface area contributed by atoms with Gasteiger partial charge in [0, 0.05) is 6.20 Å². The van der Waals surface area contributed by atoms with Crippen LogP contribution >= 0.6 is 0 Å². The highest BCUT2D eigenvalue weighted by atomic mass is 16.5. The van der Waals surface area contributed by atoms with E-state index in [1.807, 2.05) is 11.5 Å². The molecule has 0 aliphatic rings. The van der Waals surface area contributed by atoms with Crippen molar-refractivity contribution >= 4 is 22.8 Å². The van der Waals surface area contributed by atoms with Crippen LogP contribution in [0.2, 0.25) is 0 Å². The van der Waals surface area contributed by atoms with Crippen LogP contribution in [-0.2, 0) is 0 Å². The second-order valence-electron chi connectivity index (χ2n) is 3.54. The first-order valence-corrected chi connectivity index (χ1v) is 4.97. The van der Waals surface area contributed by atoms with Crippen molar-refractivity contribution in [3.63, 3.8) is 0 Å². The normalized spacial score (nSPS) is 12.4. The van der Waals surface area contributed by atoms with Crippen molar-refractivity contribution < 1.29 is 5.21 Å². The Kier molecular flexibility index (Phi) is 2.02. The van der Waals surface area contributed by atoms with Crippen molar-refractivity contribution in [3.05, 3.63) is 46.0 Å². The molecule has 1 aromatic carbocycles. The van der Waals surface area contributed by atoms with Crippen LogP contribution in [0.1, 0.15) is 0 Å². The van der Waals surface area contributed by atoms with Gasteiger partial charge in [-0.25, -0.2) is 4.98 Å². The van der Waals surface area contributed by atoms with Gasteiger partial charge in [0.25, 0.3) is 5.56 Å². The van der Waals surface area contributed by atoms with Crippen LogP contribution < -0.4 is 16.3 Å². The first-order chi connectivity index (χ1) is 8.31. The minimum Gasteiger partial charge on any atom is -0.292 e. The van der Waals surface area contributed by atoms with E-state index in [0.717, 1.165) is 0 Å². The van der Waals surface area contributed by atoms with Crippen molar-refractivity contribution in [2.75, 3.05) is 0 Å². The van der Waals surface area contributed by atoms with Gasteiger partial charge in [0.2, 0.25) is 0 Å². The van der Waals surface area contributed by atoms with Crippen LogP contribution in [0.25, 0.3) is 22.8 Å². The Balaban J connectivity index is 2.57. The maximum Gasteiger partial charge on any atom is 0.282 e. The van der Waals surface area contributed by atoms with Crippen LogP contribution in [0.4, 0.5) is 0 Å². The predicted molar refractivity (Wildman–Crippen MR) is 61.4 cm³/mol. The summed E-state index contributed by atoms with van der Waals surface area (Å²) in [7, 11) is 0. The summed E-state index contributed by atoms with van der Waals surface area (Å²) in [6.45, 7) is 0. The van der Waals surface area contributed by atoms with E-state index >= 15 is 0 Å². The molecule has 0 aliphatic carbocycles. The number of fused-ring (bicyclic) bond motifs is 2. The smallest absolute Gasteiger partial charge is 0.282 e. The quantitative estimate of drug-likeness (QED) is 0.558. The third-order valence-electron chi connectivity index (χ3n) is 2.54. The maximum atomic E-state index is 12.1. The molecular formula is C11H8N4O2. The number of benzene rings is 1. The topological polar surface area (TPSA) is 79.5 Å². The lowest BCUT2D eigenvalue weighted by molar-refractivity contribution is 0.230. The van der Waals surface area contributed by atoms with Gasteiger partial charge in [-0.1, -0.05) is 12.1 Å². The molecule has 0 aliphatic heterocycles. The molecule has 84 valence electrons. The summed E-state index contributed by atoms with van der Waals surface area (Å²) in [4.78, 5) is 16.4. The number of para-hydroxylation sites is 1. The van der Waals surface area contributed by atoms with E-state index in [1.165, 1.54) is 16.9 Å². The number of aromatic nitrogens is 3. The van der Waals surface area contributed by atoms with E-state index in [9.17, 15) is 4.79 Å². The Labute approximate surface area is 94.8 Å². The Hall–Kier alpha value is -2.47. The minimum atomic E-state index is -0.219. The summed E-state index contributed by atoms with van der Waals surface area (Å²) in [5.41, 5.74) is 2.71. The molecule has 0 spiro atoms. The van der Waals surface area contributed by atoms with Gasteiger partial charge in [0.05, 0.1) is 22.3 Å². The number of hydrogen-bond donors (Lipinski definition) is 2. The monoisotopic (exact) mass is 228 g/mol. The average Bonchev–Trinajstić information content (AvgIpc) is 2.74. The lowest BCUT2D eigenvalue weighted by atomic mass is 10.2.